The van der Waals surface area contributed by atoms with Crippen LogP contribution < -0.4 is 21.9 Å². The van der Waals surface area contributed by atoms with E-state index in [0.29, 0.717) is 12.1 Å². The van der Waals surface area contributed by atoms with Gasteiger partial charge < -0.3 is 21.9 Å². The molecule has 2 rings (SSSR count). The number of guanidine groups is 2. The van der Waals surface area contributed by atoms with Crippen LogP contribution in [0.5, 0.6) is 11.5 Å². The number of halogens is 7. The Morgan fingerprint density at radius 3 is 1.61 bits per heavy atom. The van der Waals surface area contributed by atoms with Crippen LogP contribution in [0.15, 0.2) is 34.3 Å². The molecule has 0 saturated carbocycles. The second-order valence-corrected chi connectivity index (χ2v) is 5.11. The molecule has 0 aliphatic rings. The molecule has 6 nitrogen and oxygen atoms in total. The average molecular weight is 409 g/mol. The van der Waals surface area contributed by atoms with E-state index in [9.17, 15) is 30.7 Å². The minimum Gasteiger partial charge on any atom is -0.445 e. The molecule has 0 aromatic heterocycles. The Balaban J connectivity index is 2.42. The Labute approximate surface area is 152 Å². The van der Waals surface area contributed by atoms with Gasteiger partial charge in [-0.05, 0) is 12.1 Å². The van der Waals surface area contributed by atoms with Gasteiger partial charge in [0.05, 0.1) is 11.3 Å². The van der Waals surface area contributed by atoms with E-state index in [1.807, 2.05) is 0 Å². The molecule has 2 aromatic rings. The van der Waals surface area contributed by atoms with Gasteiger partial charge in [-0.1, -0.05) is 0 Å². The van der Waals surface area contributed by atoms with Gasteiger partial charge >= 0.3 is 6.18 Å². The van der Waals surface area contributed by atoms with Gasteiger partial charge in [0.25, 0.3) is 0 Å². The lowest BCUT2D eigenvalue weighted by Gasteiger charge is -2.13. The van der Waals surface area contributed by atoms with E-state index < -0.39 is 64.1 Å². The quantitative estimate of drug-likeness (QED) is 0.410. The Kier molecular flexibility index (Phi) is 5.66. The minimum atomic E-state index is -5.04. The van der Waals surface area contributed by atoms with Gasteiger partial charge in [-0.25, -0.2) is 22.6 Å². The summed E-state index contributed by atoms with van der Waals surface area (Å²) < 4.78 is 97.7. The molecular weight excluding hydrogens is 399 g/mol. The summed E-state index contributed by atoms with van der Waals surface area (Å²) >= 11 is 0. The van der Waals surface area contributed by atoms with Crippen molar-refractivity contribution in [3.63, 3.8) is 0 Å². The van der Waals surface area contributed by atoms with Crippen molar-refractivity contribution in [1.29, 1.82) is 0 Å². The molecule has 0 heterocycles. The molecule has 0 amide bonds. The van der Waals surface area contributed by atoms with E-state index in [1.165, 1.54) is 0 Å². The zero-order valence-corrected chi connectivity index (χ0v) is 13.5. The second kappa shape index (κ2) is 7.62. The highest BCUT2D eigenvalue weighted by atomic mass is 19.4. The number of nitrogens with zero attached hydrogens (tertiary/aromatic N) is 2. The number of alkyl halides is 3. The topological polar surface area (TPSA) is 112 Å². The van der Waals surface area contributed by atoms with E-state index in [-0.39, 0.29) is 12.1 Å². The predicted octanol–water partition coefficient (Wildman–Crippen LogP) is 3.27. The fraction of sp³-hybridized carbons (Fsp3) is 0.0667. The molecule has 0 radical (unpaired) electrons. The third kappa shape index (κ3) is 4.81. The molecular formula is C15H10F7N5O. The van der Waals surface area contributed by atoms with Gasteiger partial charge in [-0.3, -0.25) is 0 Å². The highest BCUT2D eigenvalue weighted by Gasteiger charge is 2.33. The SMILES string of the molecule is NC(N)=NC(N)=Nc1cc(F)c(Oc2c(F)cc(C(F)(F)F)cc2F)c(F)c1. The first-order chi connectivity index (χ1) is 12.9. The van der Waals surface area contributed by atoms with Crippen molar-refractivity contribution in [2.75, 3.05) is 0 Å². The predicted molar refractivity (Wildman–Crippen MR) is 84.9 cm³/mol. The molecule has 6 N–H and O–H groups in total. The lowest BCUT2D eigenvalue weighted by atomic mass is 10.2. The normalized spacial score (nSPS) is 12.0. The summed E-state index contributed by atoms with van der Waals surface area (Å²) in [5.41, 5.74) is 13.3. The maximum Gasteiger partial charge on any atom is 0.416 e. The highest BCUT2D eigenvalue weighted by molar-refractivity contribution is 5.93. The van der Waals surface area contributed by atoms with Crippen LogP contribution in [0.3, 0.4) is 0 Å². The fourth-order valence-corrected chi connectivity index (χ4v) is 1.92. The maximum absolute atomic E-state index is 14.1. The maximum atomic E-state index is 14.1. The van der Waals surface area contributed by atoms with Gasteiger partial charge in [-0.2, -0.15) is 18.2 Å². The molecule has 0 saturated heterocycles. The molecule has 0 bridgehead atoms. The molecule has 28 heavy (non-hydrogen) atoms. The van der Waals surface area contributed by atoms with Gasteiger partial charge in [0, 0.05) is 12.1 Å². The Hall–Kier alpha value is -3.51. The number of hydrogen-bond acceptors (Lipinski definition) is 2. The van der Waals surface area contributed by atoms with Crippen LogP contribution >= 0.6 is 0 Å². The van der Waals surface area contributed by atoms with Crippen molar-refractivity contribution < 1.29 is 35.5 Å². The molecule has 2 aromatic carbocycles. The molecule has 0 spiro atoms. The molecule has 0 aliphatic carbocycles. The van der Waals surface area contributed by atoms with E-state index in [1.54, 1.807) is 0 Å². The fourth-order valence-electron chi connectivity index (χ4n) is 1.92. The minimum absolute atomic E-state index is 0.0805. The van der Waals surface area contributed by atoms with E-state index in [0.717, 1.165) is 0 Å². The van der Waals surface area contributed by atoms with Gasteiger partial charge in [0.2, 0.25) is 5.96 Å². The van der Waals surface area contributed by atoms with Crippen molar-refractivity contribution >= 4 is 17.6 Å². The summed E-state index contributed by atoms with van der Waals surface area (Å²) in [6.07, 6.45) is -5.04. The largest absolute Gasteiger partial charge is 0.445 e. The number of ether oxygens (including phenoxy) is 1. The van der Waals surface area contributed by atoms with Crippen molar-refractivity contribution in [2.45, 2.75) is 6.18 Å². The first kappa shape index (κ1) is 20.8. The lowest BCUT2D eigenvalue weighted by molar-refractivity contribution is -0.138. The van der Waals surface area contributed by atoms with Gasteiger partial charge in [0.15, 0.2) is 40.7 Å². The monoisotopic (exact) mass is 409 g/mol. The van der Waals surface area contributed by atoms with E-state index >= 15 is 0 Å². The van der Waals surface area contributed by atoms with E-state index in [2.05, 4.69) is 14.7 Å². The summed E-state index contributed by atoms with van der Waals surface area (Å²) in [7, 11) is 0. The third-order valence-electron chi connectivity index (χ3n) is 3.00. The van der Waals surface area contributed by atoms with Gasteiger partial charge in [-0.15, -0.1) is 0 Å². The molecule has 0 aliphatic heterocycles. The number of hydrogen-bond donors (Lipinski definition) is 3. The number of nitrogens with two attached hydrogens (primary N) is 3. The van der Waals surface area contributed by atoms with Crippen LogP contribution in [0, 0.1) is 23.3 Å². The van der Waals surface area contributed by atoms with Crippen molar-refractivity contribution in [2.24, 2.45) is 27.2 Å². The van der Waals surface area contributed by atoms with Crippen molar-refractivity contribution in [1.82, 2.24) is 0 Å². The van der Waals surface area contributed by atoms with Crippen LogP contribution in [-0.2, 0) is 6.18 Å². The average Bonchev–Trinajstić information content (AvgIpc) is 2.50. The summed E-state index contributed by atoms with van der Waals surface area (Å²) in [5.74, 6) is -10.3. The molecule has 150 valence electrons. The summed E-state index contributed by atoms with van der Waals surface area (Å²) in [4.78, 5) is 6.79. The van der Waals surface area contributed by atoms with Crippen LogP contribution in [0.2, 0.25) is 0 Å². The van der Waals surface area contributed by atoms with Crippen LogP contribution in [0.1, 0.15) is 5.56 Å². The number of benzene rings is 2. The number of rotatable bonds is 3. The Morgan fingerprint density at radius 2 is 1.21 bits per heavy atom. The lowest BCUT2D eigenvalue weighted by Crippen LogP contribution is -2.26. The standard InChI is InChI=1S/C15H10F7N5O/c16-7-1-5(15(20,21)22)2-8(17)11(7)28-12-9(18)3-6(4-10(12)19)26-14(25)27-13(23)24/h1-4H,(H6,23,24,25,26,27). The van der Waals surface area contributed by atoms with Crippen LogP contribution in [0.4, 0.5) is 36.4 Å². The van der Waals surface area contributed by atoms with E-state index in [4.69, 9.17) is 17.2 Å². The van der Waals surface area contributed by atoms with Crippen LogP contribution in [-0.4, -0.2) is 11.9 Å². The van der Waals surface area contributed by atoms with Crippen LogP contribution in [0.25, 0.3) is 0 Å². The molecule has 0 unspecified atom stereocenters. The highest BCUT2D eigenvalue weighted by Crippen LogP contribution is 2.37. The molecule has 0 atom stereocenters. The molecule has 13 heteroatoms. The van der Waals surface area contributed by atoms with Crippen molar-refractivity contribution in [3.8, 4) is 11.5 Å². The first-order valence-electron chi connectivity index (χ1n) is 7.05. The second-order valence-electron chi connectivity index (χ2n) is 5.11. The zero-order valence-electron chi connectivity index (χ0n) is 13.5. The molecule has 0 fully saturated rings. The summed E-state index contributed by atoms with van der Waals surface area (Å²) in [6.45, 7) is 0. The smallest absolute Gasteiger partial charge is 0.416 e. The zero-order chi connectivity index (χ0) is 21.2. The summed E-state index contributed by atoms with van der Waals surface area (Å²) in [5, 5.41) is 0. The Morgan fingerprint density at radius 1 is 0.786 bits per heavy atom. The van der Waals surface area contributed by atoms with Crippen molar-refractivity contribution in [3.05, 3.63) is 53.1 Å². The third-order valence-corrected chi connectivity index (χ3v) is 3.00. The number of aliphatic imine (C=N–C) groups is 2. The Bertz CT molecular complexity index is 922. The van der Waals surface area contributed by atoms with Gasteiger partial charge in [0.1, 0.15) is 0 Å². The first-order valence-corrected chi connectivity index (χ1v) is 7.05. The summed E-state index contributed by atoms with van der Waals surface area (Å²) in [6, 6.07) is 0.965.